The van der Waals surface area contributed by atoms with Gasteiger partial charge < -0.3 is 9.64 Å². The molecule has 0 aliphatic carbocycles. The van der Waals surface area contributed by atoms with Gasteiger partial charge in [-0.2, -0.15) is 0 Å². The normalized spacial score (nSPS) is 11.6. The van der Waals surface area contributed by atoms with Crippen LogP contribution < -0.4 is 4.31 Å². The maximum atomic E-state index is 13.1. The van der Waals surface area contributed by atoms with Gasteiger partial charge in [0, 0.05) is 24.2 Å². The van der Waals surface area contributed by atoms with Crippen molar-refractivity contribution in [2.75, 3.05) is 18.0 Å². The lowest BCUT2D eigenvalue weighted by Crippen LogP contribution is -2.46. The third-order valence-electron chi connectivity index (χ3n) is 5.52. The van der Waals surface area contributed by atoms with E-state index >= 15 is 0 Å². The van der Waals surface area contributed by atoms with Crippen molar-refractivity contribution in [3.8, 4) is 0 Å². The molecule has 3 aromatic rings. The highest BCUT2D eigenvalue weighted by Gasteiger charge is 2.28. The molecule has 0 saturated heterocycles. The molecule has 190 valence electrons. The molecule has 0 N–H and O–H groups in total. The molecule has 3 rings (SSSR count). The van der Waals surface area contributed by atoms with Gasteiger partial charge in [-0.25, -0.2) is 13.2 Å². The van der Waals surface area contributed by atoms with Crippen LogP contribution >= 0.6 is 11.6 Å². The van der Waals surface area contributed by atoms with Crippen LogP contribution in [0, 0.1) is 0 Å². The molecule has 0 aromatic heterocycles. The average Bonchev–Trinajstić information content (AvgIpc) is 2.85. The van der Waals surface area contributed by atoms with E-state index in [0.717, 1.165) is 9.87 Å². The number of rotatable bonds is 8. The number of carbonyl (C=O) groups is 2. The van der Waals surface area contributed by atoms with Gasteiger partial charge in [-0.05, 0) is 62.7 Å². The number of ether oxygens (including phenoxy) is 1. The molecule has 9 heteroatoms. The zero-order valence-electron chi connectivity index (χ0n) is 20.6. The molecule has 1 amide bonds. The van der Waals surface area contributed by atoms with Crippen molar-refractivity contribution in [2.24, 2.45) is 0 Å². The Balaban J connectivity index is 1.73. The summed E-state index contributed by atoms with van der Waals surface area (Å²) in [5.74, 6) is -1.15. The van der Waals surface area contributed by atoms with Crippen molar-refractivity contribution in [2.45, 2.75) is 37.8 Å². The molecule has 0 atom stereocenters. The van der Waals surface area contributed by atoms with Crippen LogP contribution in [0.5, 0.6) is 0 Å². The lowest BCUT2D eigenvalue weighted by molar-refractivity contribution is -0.140. The van der Waals surface area contributed by atoms with E-state index in [2.05, 4.69) is 0 Å². The fraction of sp³-hybridized carbons (Fsp3) is 0.259. The van der Waals surface area contributed by atoms with Crippen molar-refractivity contribution in [1.29, 1.82) is 0 Å². The number of esters is 1. The number of carbonyl (C=O) groups excluding carboxylic acids is 2. The highest BCUT2D eigenvalue weighted by molar-refractivity contribution is 7.92. The van der Waals surface area contributed by atoms with Crippen molar-refractivity contribution in [1.82, 2.24) is 4.90 Å². The zero-order valence-corrected chi connectivity index (χ0v) is 22.2. The second kappa shape index (κ2) is 11.1. The minimum Gasteiger partial charge on any atom is -0.452 e. The van der Waals surface area contributed by atoms with E-state index in [4.69, 9.17) is 16.3 Å². The summed E-state index contributed by atoms with van der Waals surface area (Å²) >= 11 is 5.99. The Bertz CT molecular complexity index is 1340. The largest absolute Gasteiger partial charge is 0.452 e. The van der Waals surface area contributed by atoms with Crippen molar-refractivity contribution in [3.05, 3.63) is 95.0 Å². The molecule has 0 bridgehead atoms. The van der Waals surface area contributed by atoms with Gasteiger partial charge in [-0.3, -0.25) is 9.10 Å². The predicted molar refractivity (Wildman–Crippen MR) is 141 cm³/mol. The molecular weight excluding hydrogens is 500 g/mol. The monoisotopic (exact) mass is 528 g/mol. The number of hydrogen-bond donors (Lipinski definition) is 0. The van der Waals surface area contributed by atoms with E-state index < -0.39 is 28.1 Å². The highest BCUT2D eigenvalue weighted by Crippen LogP contribution is 2.25. The second-order valence-electron chi connectivity index (χ2n) is 9.19. The van der Waals surface area contributed by atoms with Crippen LogP contribution in [0.4, 0.5) is 5.69 Å². The summed E-state index contributed by atoms with van der Waals surface area (Å²) in [6.45, 7) is 5.61. The van der Waals surface area contributed by atoms with Crippen LogP contribution in [-0.2, 0) is 26.1 Å². The Morgan fingerprint density at radius 3 is 2.22 bits per heavy atom. The summed E-state index contributed by atoms with van der Waals surface area (Å²) in [5.41, 5.74) is 0.849. The summed E-state index contributed by atoms with van der Waals surface area (Å²) < 4.78 is 32.6. The molecule has 36 heavy (non-hydrogen) atoms. The van der Waals surface area contributed by atoms with Crippen LogP contribution in [0.15, 0.2) is 83.8 Å². The molecule has 0 radical (unpaired) electrons. The molecule has 0 saturated carbocycles. The van der Waals surface area contributed by atoms with Crippen molar-refractivity contribution in [3.63, 3.8) is 0 Å². The third-order valence-corrected chi connectivity index (χ3v) is 7.54. The van der Waals surface area contributed by atoms with Crippen LogP contribution in [0.1, 0.15) is 36.7 Å². The van der Waals surface area contributed by atoms with Gasteiger partial charge in [-0.15, -0.1) is 0 Å². The van der Waals surface area contributed by atoms with Crippen molar-refractivity contribution < 1.29 is 22.7 Å². The molecule has 0 unspecified atom stereocenters. The van der Waals surface area contributed by atoms with E-state index in [9.17, 15) is 18.0 Å². The van der Waals surface area contributed by atoms with Crippen LogP contribution in [0.3, 0.4) is 0 Å². The minimum atomic E-state index is -3.97. The Labute approximate surface area is 217 Å². The first-order valence-electron chi connectivity index (χ1n) is 11.3. The molecule has 0 spiro atoms. The fourth-order valence-corrected chi connectivity index (χ4v) is 4.92. The lowest BCUT2D eigenvalue weighted by Gasteiger charge is -2.35. The smallest absolute Gasteiger partial charge is 0.338 e. The van der Waals surface area contributed by atoms with Gasteiger partial charge in [0.05, 0.1) is 16.1 Å². The van der Waals surface area contributed by atoms with Crippen LogP contribution in [0.2, 0.25) is 5.02 Å². The molecule has 3 aromatic carbocycles. The second-order valence-corrected chi connectivity index (χ2v) is 11.6. The standard InChI is InChI=1S/C27H29ClN2O5S/c1-27(2,3)30(18-20-10-6-5-7-11-20)25(31)19-35-26(32)21-12-8-15-24(16-21)36(33,34)29(4)23-14-9-13-22(28)17-23/h5-17H,18-19H2,1-4H3. The topological polar surface area (TPSA) is 84.0 Å². The predicted octanol–water partition coefficient (Wildman–Crippen LogP) is 5.15. The van der Waals surface area contributed by atoms with Crippen LogP contribution in [-0.4, -0.2) is 44.4 Å². The maximum absolute atomic E-state index is 13.1. The van der Waals surface area contributed by atoms with E-state index in [1.807, 2.05) is 51.1 Å². The highest BCUT2D eigenvalue weighted by atomic mass is 35.5. The summed E-state index contributed by atoms with van der Waals surface area (Å²) in [4.78, 5) is 27.2. The van der Waals surface area contributed by atoms with Gasteiger partial charge in [0.1, 0.15) is 0 Å². The molecular formula is C27H29ClN2O5S. The number of anilines is 1. The van der Waals surface area contributed by atoms with Crippen LogP contribution in [0.25, 0.3) is 0 Å². The Hall–Kier alpha value is -3.36. The number of amides is 1. The quantitative estimate of drug-likeness (QED) is 0.377. The number of sulfonamides is 1. The molecule has 0 aliphatic heterocycles. The van der Waals surface area contributed by atoms with Gasteiger partial charge >= 0.3 is 5.97 Å². The number of benzene rings is 3. The summed E-state index contributed by atoms with van der Waals surface area (Å²) in [6.07, 6.45) is 0. The average molecular weight is 529 g/mol. The lowest BCUT2D eigenvalue weighted by atomic mass is 10.0. The Morgan fingerprint density at radius 1 is 0.917 bits per heavy atom. The van der Waals surface area contributed by atoms with Gasteiger partial charge in [0.15, 0.2) is 6.61 Å². The first-order valence-corrected chi connectivity index (χ1v) is 13.1. The van der Waals surface area contributed by atoms with Gasteiger partial charge in [-0.1, -0.05) is 54.1 Å². The van der Waals surface area contributed by atoms with E-state index in [1.165, 1.54) is 37.4 Å². The SMILES string of the molecule is CN(c1cccc(Cl)c1)S(=O)(=O)c1cccc(C(=O)OCC(=O)N(Cc2ccccc2)C(C)(C)C)c1. The summed E-state index contributed by atoms with van der Waals surface area (Å²) in [7, 11) is -2.57. The number of nitrogens with zero attached hydrogens (tertiary/aromatic N) is 2. The van der Waals surface area contributed by atoms with E-state index in [1.54, 1.807) is 23.1 Å². The maximum Gasteiger partial charge on any atom is 0.338 e. The Morgan fingerprint density at radius 2 is 1.58 bits per heavy atom. The van der Waals surface area contributed by atoms with Crippen molar-refractivity contribution >= 4 is 39.2 Å². The molecule has 0 aliphatic rings. The van der Waals surface area contributed by atoms with Gasteiger partial charge in [0.25, 0.3) is 15.9 Å². The molecule has 7 nitrogen and oxygen atoms in total. The first-order chi connectivity index (χ1) is 16.9. The van der Waals surface area contributed by atoms with Gasteiger partial charge in [0.2, 0.25) is 0 Å². The minimum absolute atomic E-state index is 0.0220. The van der Waals surface area contributed by atoms with E-state index in [-0.39, 0.29) is 16.4 Å². The summed E-state index contributed by atoms with van der Waals surface area (Å²) in [6, 6.07) is 21.5. The summed E-state index contributed by atoms with van der Waals surface area (Å²) in [5, 5.41) is 0.396. The van der Waals surface area contributed by atoms with E-state index in [0.29, 0.717) is 17.3 Å². The molecule has 0 fully saturated rings. The third kappa shape index (κ3) is 6.65. The fourth-order valence-electron chi connectivity index (χ4n) is 3.51. The first kappa shape index (κ1) is 27.2. The Kier molecular flexibility index (Phi) is 8.43. The molecule has 0 heterocycles. The number of hydrogen-bond acceptors (Lipinski definition) is 5. The zero-order chi connectivity index (χ0) is 26.5. The number of halogens is 1.